The number of esters is 1. The minimum Gasteiger partial charge on any atom is -0.504 e. The molecule has 27 heavy (non-hydrogen) atoms. The van der Waals surface area contributed by atoms with Crippen molar-refractivity contribution in [3.8, 4) is 23.0 Å². The molecule has 0 heterocycles. The minimum atomic E-state index is -1.69. The molecule has 2 rings (SSSR count). The molecule has 6 N–H and O–H groups in total. The molecule has 9 nitrogen and oxygen atoms in total. The van der Waals surface area contributed by atoms with E-state index in [4.69, 9.17) is 4.74 Å². The molecular weight excluding hydrogens is 360 g/mol. The van der Waals surface area contributed by atoms with Crippen LogP contribution >= 0.6 is 0 Å². The molecule has 0 saturated heterocycles. The third-order valence-electron chi connectivity index (χ3n) is 3.74. The Kier molecular flexibility index (Phi) is 6.09. The molecule has 0 bridgehead atoms. The van der Waals surface area contributed by atoms with Gasteiger partial charge in [-0.1, -0.05) is 12.1 Å². The lowest BCUT2D eigenvalue weighted by Gasteiger charge is -2.17. The Labute approximate surface area is 153 Å². The summed E-state index contributed by atoms with van der Waals surface area (Å²) in [5.74, 6) is -4.25. The van der Waals surface area contributed by atoms with E-state index >= 15 is 0 Å². The Bertz CT molecular complexity index is 847. The Hall–Kier alpha value is -3.46. The maximum atomic E-state index is 12.0. The summed E-state index contributed by atoms with van der Waals surface area (Å²) in [5.41, 5.74) is 0.619. The molecule has 0 aromatic heterocycles. The van der Waals surface area contributed by atoms with Gasteiger partial charge in [-0.25, -0.2) is 9.59 Å². The fourth-order valence-corrected chi connectivity index (χ4v) is 2.31. The number of ether oxygens (including phenoxy) is 1. The zero-order valence-electron chi connectivity index (χ0n) is 13.9. The number of benzene rings is 2. The van der Waals surface area contributed by atoms with Crippen LogP contribution in [-0.4, -0.2) is 54.8 Å². The van der Waals surface area contributed by atoms with Crippen molar-refractivity contribution in [2.24, 2.45) is 0 Å². The highest BCUT2D eigenvalue weighted by Crippen LogP contribution is 2.27. The topological polar surface area (TPSA) is 165 Å². The quantitative estimate of drug-likeness (QED) is 0.300. The number of carbonyl (C=O) groups excluding carboxylic acids is 1. The second-order valence-electron chi connectivity index (χ2n) is 5.83. The number of carboxylic acid groups (broad SMARTS) is 1. The third kappa shape index (κ3) is 5.25. The van der Waals surface area contributed by atoms with Crippen molar-refractivity contribution in [1.82, 2.24) is 0 Å². The van der Waals surface area contributed by atoms with Crippen molar-refractivity contribution < 1.29 is 45.0 Å². The van der Waals surface area contributed by atoms with Gasteiger partial charge in [-0.2, -0.15) is 0 Å². The van der Waals surface area contributed by atoms with Gasteiger partial charge in [0, 0.05) is 12.8 Å². The molecule has 2 aromatic rings. The highest BCUT2D eigenvalue weighted by Gasteiger charge is 2.27. The van der Waals surface area contributed by atoms with Crippen LogP contribution < -0.4 is 0 Å². The Morgan fingerprint density at radius 1 is 0.815 bits per heavy atom. The smallest absolute Gasteiger partial charge is 0.345 e. The number of aromatic hydroxyl groups is 4. The summed E-state index contributed by atoms with van der Waals surface area (Å²) >= 11 is 0. The zero-order chi connectivity index (χ0) is 20.1. The van der Waals surface area contributed by atoms with Gasteiger partial charge >= 0.3 is 11.9 Å². The summed E-state index contributed by atoms with van der Waals surface area (Å²) in [6.07, 6.45) is -3.87. The maximum absolute atomic E-state index is 12.0. The first kappa shape index (κ1) is 19.9. The normalized spacial score (nSPS) is 12.9. The van der Waals surface area contributed by atoms with Gasteiger partial charge in [0.15, 0.2) is 29.1 Å². The summed E-state index contributed by atoms with van der Waals surface area (Å²) < 4.78 is 4.83. The standard InChI is InChI=1S/C18H18O9/c19-11-3-1-9(5-13(11)21)7-15(23)18(26)27-16(17(24)25)8-10-2-4-12(20)14(22)6-10/h1-6,15-16,19-23H,7-8H2,(H,24,25). The second kappa shape index (κ2) is 8.28. The first-order valence-electron chi connectivity index (χ1n) is 7.80. The highest BCUT2D eigenvalue weighted by atomic mass is 16.6. The maximum Gasteiger partial charge on any atom is 0.345 e. The van der Waals surface area contributed by atoms with E-state index in [9.17, 15) is 40.2 Å². The molecule has 0 radical (unpaired) electrons. The van der Waals surface area contributed by atoms with E-state index < -0.39 is 35.6 Å². The summed E-state index contributed by atoms with van der Waals surface area (Å²) in [7, 11) is 0. The van der Waals surface area contributed by atoms with Gasteiger partial charge in [0.05, 0.1) is 0 Å². The van der Waals surface area contributed by atoms with Crippen molar-refractivity contribution in [2.45, 2.75) is 25.0 Å². The third-order valence-corrected chi connectivity index (χ3v) is 3.74. The van der Waals surface area contributed by atoms with Crippen LogP contribution in [0, 0.1) is 0 Å². The molecule has 0 saturated carbocycles. The minimum absolute atomic E-state index is 0.265. The molecule has 9 heteroatoms. The average Bonchev–Trinajstić information content (AvgIpc) is 2.60. The predicted octanol–water partition coefficient (Wildman–Crippen LogP) is 0.651. The van der Waals surface area contributed by atoms with Gasteiger partial charge in [0.1, 0.15) is 0 Å². The number of rotatable bonds is 7. The lowest BCUT2D eigenvalue weighted by atomic mass is 10.1. The van der Waals surface area contributed by atoms with Gasteiger partial charge in [0.2, 0.25) is 6.10 Å². The van der Waals surface area contributed by atoms with Crippen LogP contribution in [0.1, 0.15) is 11.1 Å². The highest BCUT2D eigenvalue weighted by molar-refractivity contribution is 5.80. The molecule has 0 aliphatic heterocycles. The number of aliphatic carboxylic acids is 1. The van der Waals surface area contributed by atoms with Crippen molar-refractivity contribution >= 4 is 11.9 Å². The zero-order valence-corrected chi connectivity index (χ0v) is 13.9. The predicted molar refractivity (Wildman–Crippen MR) is 90.5 cm³/mol. The number of aliphatic hydroxyl groups is 1. The molecule has 0 aliphatic rings. The molecule has 2 unspecified atom stereocenters. The summed E-state index contributed by atoms with van der Waals surface area (Å²) in [6.45, 7) is 0. The van der Waals surface area contributed by atoms with Crippen LogP contribution in [0.2, 0.25) is 0 Å². The second-order valence-corrected chi connectivity index (χ2v) is 5.83. The molecule has 0 amide bonds. The Morgan fingerprint density at radius 3 is 1.74 bits per heavy atom. The number of phenolic OH excluding ortho intramolecular Hbond substituents is 4. The van der Waals surface area contributed by atoms with Crippen LogP contribution in [0.3, 0.4) is 0 Å². The van der Waals surface area contributed by atoms with E-state index in [1.54, 1.807) is 0 Å². The first-order valence-corrected chi connectivity index (χ1v) is 7.80. The molecule has 0 fully saturated rings. The lowest BCUT2D eigenvalue weighted by molar-refractivity contribution is -0.170. The van der Waals surface area contributed by atoms with E-state index in [2.05, 4.69) is 0 Å². The fourth-order valence-electron chi connectivity index (χ4n) is 2.31. The summed E-state index contributed by atoms with van der Waals surface area (Å²) in [5, 5.41) is 56.5. The largest absolute Gasteiger partial charge is 0.504 e. The van der Waals surface area contributed by atoms with Gasteiger partial charge in [-0.15, -0.1) is 0 Å². The van der Waals surface area contributed by atoms with E-state index in [0.717, 1.165) is 18.2 Å². The number of carbonyl (C=O) groups is 2. The summed E-state index contributed by atoms with van der Waals surface area (Å²) in [4.78, 5) is 23.3. The number of carboxylic acids is 1. The van der Waals surface area contributed by atoms with E-state index in [0.29, 0.717) is 11.1 Å². The summed E-state index contributed by atoms with van der Waals surface area (Å²) in [6, 6.07) is 7.36. The van der Waals surface area contributed by atoms with Crippen molar-refractivity contribution in [3.05, 3.63) is 47.5 Å². The van der Waals surface area contributed by atoms with Gasteiger partial charge < -0.3 is 35.4 Å². The van der Waals surface area contributed by atoms with Gasteiger partial charge in [-0.05, 0) is 35.4 Å². The van der Waals surface area contributed by atoms with Crippen molar-refractivity contribution in [3.63, 3.8) is 0 Å². The van der Waals surface area contributed by atoms with Crippen molar-refractivity contribution in [2.75, 3.05) is 0 Å². The van der Waals surface area contributed by atoms with E-state index in [-0.39, 0.29) is 24.3 Å². The van der Waals surface area contributed by atoms with E-state index in [1.807, 2.05) is 0 Å². The van der Waals surface area contributed by atoms with Crippen LogP contribution in [0.4, 0.5) is 0 Å². The molecule has 144 valence electrons. The van der Waals surface area contributed by atoms with Gasteiger partial charge in [-0.3, -0.25) is 0 Å². The van der Waals surface area contributed by atoms with Crippen LogP contribution in [-0.2, 0) is 27.2 Å². The first-order chi connectivity index (χ1) is 12.7. The Morgan fingerprint density at radius 2 is 1.30 bits per heavy atom. The number of hydrogen-bond donors (Lipinski definition) is 6. The van der Waals surface area contributed by atoms with E-state index in [1.165, 1.54) is 18.2 Å². The fraction of sp³-hybridized carbons (Fsp3) is 0.222. The number of aliphatic hydroxyl groups excluding tert-OH is 1. The van der Waals surface area contributed by atoms with Crippen LogP contribution in [0.15, 0.2) is 36.4 Å². The lowest BCUT2D eigenvalue weighted by Crippen LogP contribution is -2.35. The average molecular weight is 378 g/mol. The SMILES string of the molecule is O=C(OC(Cc1ccc(O)c(O)c1)C(=O)O)C(O)Cc1ccc(O)c(O)c1. The van der Waals surface area contributed by atoms with Crippen molar-refractivity contribution in [1.29, 1.82) is 0 Å². The van der Waals surface area contributed by atoms with Gasteiger partial charge in [0.25, 0.3) is 0 Å². The number of phenols is 4. The molecule has 0 aliphatic carbocycles. The molecule has 0 spiro atoms. The number of hydrogen-bond acceptors (Lipinski definition) is 8. The monoisotopic (exact) mass is 378 g/mol. The Balaban J connectivity index is 2.03. The molecule has 2 aromatic carbocycles. The van der Waals surface area contributed by atoms with Crippen LogP contribution in [0.25, 0.3) is 0 Å². The van der Waals surface area contributed by atoms with Crippen LogP contribution in [0.5, 0.6) is 23.0 Å². The molecular formula is C18H18O9. The molecule has 2 atom stereocenters.